The fourth-order valence-electron chi connectivity index (χ4n) is 2.62. The Morgan fingerprint density at radius 2 is 1.67 bits per heavy atom. The van der Waals surface area contributed by atoms with E-state index in [4.69, 9.17) is 9.47 Å². The van der Waals surface area contributed by atoms with E-state index in [2.05, 4.69) is 22.8 Å². The number of ether oxygens (including phenoxy) is 2. The molecule has 0 saturated carbocycles. The van der Waals surface area contributed by atoms with E-state index in [9.17, 15) is 4.79 Å². The molecule has 3 rings (SSSR count). The molecule has 0 aliphatic carbocycles. The molecule has 0 radical (unpaired) electrons. The molecular weight excluding hydrogens is 304 g/mol. The smallest absolute Gasteiger partial charge is 0.314 e. The first-order valence-corrected chi connectivity index (χ1v) is 8.25. The molecule has 1 aliphatic heterocycles. The maximum atomic E-state index is 11.8. The molecule has 0 spiro atoms. The van der Waals surface area contributed by atoms with Crippen LogP contribution in [-0.4, -0.2) is 25.9 Å². The van der Waals surface area contributed by atoms with Gasteiger partial charge in [-0.2, -0.15) is 0 Å². The normalized spacial score (nSPS) is 12.0. The van der Waals surface area contributed by atoms with Crippen LogP contribution >= 0.6 is 0 Å². The summed E-state index contributed by atoms with van der Waals surface area (Å²) in [4.78, 5) is 11.8. The number of nitrogens with one attached hydrogen (secondary N) is 2. The van der Waals surface area contributed by atoms with Crippen molar-refractivity contribution in [1.82, 2.24) is 10.6 Å². The van der Waals surface area contributed by atoms with Gasteiger partial charge in [-0.3, -0.25) is 0 Å². The largest absolute Gasteiger partial charge is 0.454 e. The summed E-state index contributed by atoms with van der Waals surface area (Å²) in [5, 5.41) is 5.76. The maximum absolute atomic E-state index is 11.8. The lowest BCUT2D eigenvalue weighted by molar-refractivity contribution is 0.174. The van der Waals surface area contributed by atoms with Crippen LogP contribution < -0.4 is 20.1 Å². The third-order valence-corrected chi connectivity index (χ3v) is 3.91. The Bertz CT molecular complexity index is 674. The average molecular weight is 326 g/mol. The van der Waals surface area contributed by atoms with Gasteiger partial charge >= 0.3 is 6.03 Å². The zero-order chi connectivity index (χ0) is 16.6. The molecule has 1 aliphatic rings. The third kappa shape index (κ3) is 4.65. The number of carbonyl (C=O) groups excluding carboxylic acids is 1. The van der Waals surface area contributed by atoms with Gasteiger partial charge in [0.2, 0.25) is 6.79 Å². The summed E-state index contributed by atoms with van der Waals surface area (Å²) in [6.45, 7) is 1.54. The van der Waals surface area contributed by atoms with E-state index in [0.717, 1.165) is 36.3 Å². The van der Waals surface area contributed by atoms with E-state index in [1.165, 1.54) is 5.56 Å². The molecule has 2 N–H and O–H groups in total. The van der Waals surface area contributed by atoms with Gasteiger partial charge < -0.3 is 20.1 Å². The topological polar surface area (TPSA) is 59.6 Å². The molecule has 5 heteroatoms. The average Bonchev–Trinajstić information content (AvgIpc) is 3.07. The monoisotopic (exact) mass is 326 g/mol. The summed E-state index contributed by atoms with van der Waals surface area (Å²) in [7, 11) is 0. The van der Waals surface area contributed by atoms with E-state index in [1.807, 2.05) is 36.4 Å². The van der Waals surface area contributed by atoms with Crippen molar-refractivity contribution < 1.29 is 14.3 Å². The van der Waals surface area contributed by atoms with Crippen LogP contribution in [0.3, 0.4) is 0 Å². The van der Waals surface area contributed by atoms with Crippen molar-refractivity contribution in [3.63, 3.8) is 0 Å². The first-order chi connectivity index (χ1) is 11.8. The van der Waals surface area contributed by atoms with E-state index in [-0.39, 0.29) is 12.8 Å². The third-order valence-electron chi connectivity index (χ3n) is 3.91. The summed E-state index contributed by atoms with van der Waals surface area (Å²) in [5.41, 5.74) is 2.41. The molecule has 126 valence electrons. The molecule has 0 fully saturated rings. The van der Waals surface area contributed by atoms with Crippen LogP contribution in [-0.2, 0) is 12.8 Å². The van der Waals surface area contributed by atoms with E-state index < -0.39 is 0 Å². The van der Waals surface area contributed by atoms with Crippen molar-refractivity contribution in [2.24, 2.45) is 0 Å². The Morgan fingerprint density at radius 1 is 0.875 bits per heavy atom. The highest BCUT2D eigenvalue weighted by Gasteiger charge is 2.12. The van der Waals surface area contributed by atoms with Gasteiger partial charge in [0.05, 0.1) is 0 Å². The number of hydrogen-bond donors (Lipinski definition) is 2. The van der Waals surface area contributed by atoms with Crippen molar-refractivity contribution in [3.05, 3.63) is 59.7 Å². The number of carbonyl (C=O) groups is 1. The lowest BCUT2D eigenvalue weighted by Crippen LogP contribution is -2.37. The number of hydrogen-bond acceptors (Lipinski definition) is 3. The molecule has 0 bridgehead atoms. The summed E-state index contributed by atoms with van der Waals surface area (Å²) in [6.07, 6.45) is 2.66. The van der Waals surface area contributed by atoms with Crippen molar-refractivity contribution in [2.75, 3.05) is 19.9 Å². The minimum atomic E-state index is -0.121. The number of benzene rings is 2. The minimum Gasteiger partial charge on any atom is -0.454 e. The Morgan fingerprint density at radius 3 is 2.54 bits per heavy atom. The molecule has 2 aromatic carbocycles. The van der Waals surface area contributed by atoms with Crippen molar-refractivity contribution in [1.29, 1.82) is 0 Å². The summed E-state index contributed by atoms with van der Waals surface area (Å²) in [5.74, 6) is 1.56. The van der Waals surface area contributed by atoms with Gasteiger partial charge in [0.1, 0.15) is 0 Å². The van der Waals surface area contributed by atoms with Gasteiger partial charge in [-0.25, -0.2) is 4.79 Å². The van der Waals surface area contributed by atoms with Gasteiger partial charge in [-0.1, -0.05) is 36.4 Å². The Balaban J connectivity index is 1.30. The van der Waals surface area contributed by atoms with E-state index in [1.54, 1.807) is 0 Å². The van der Waals surface area contributed by atoms with Crippen molar-refractivity contribution in [2.45, 2.75) is 19.3 Å². The number of aryl methyl sites for hydroxylation is 1. The molecule has 5 nitrogen and oxygen atoms in total. The first-order valence-electron chi connectivity index (χ1n) is 8.25. The predicted octanol–water partition coefficient (Wildman–Crippen LogP) is 2.89. The zero-order valence-corrected chi connectivity index (χ0v) is 13.6. The number of rotatable bonds is 7. The summed E-state index contributed by atoms with van der Waals surface area (Å²) >= 11 is 0. The van der Waals surface area contributed by atoms with Gasteiger partial charge in [-0.05, 0) is 42.5 Å². The van der Waals surface area contributed by atoms with Gasteiger partial charge in [0.15, 0.2) is 11.5 Å². The molecule has 0 saturated heterocycles. The minimum absolute atomic E-state index is 0.121. The lowest BCUT2D eigenvalue weighted by atomic mass is 10.1. The molecule has 0 unspecified atom stereocenters. The van der Waals surface area contributed by atoms with Crippen LogP contribution in [0.1, 0.15) is 17.5 Å². The lowest BCUT2D eigenvalue weighted by Gasteiger charge is -2.08. The van der Waals surface area contributed by atoms with Crippen molar-refractivity contribution in [3.8, 4) is 11.5 Å². The fraction of sp³-hybridized carbons (Fsp3) is 0.316. The highest BCUT2D eigenvalue weighted by molar-refractivity contribution is 5.73. The molecule has 1 heterocycles. The molecule has 24 heavy (non-hydrogen) atoms. The highest BCUT2D eigenvalue weighted by atomic mass is 16.7. The van der Waals surface area contributed by atoms with E-state index >= 15 is 0 Å². The summed E-state index contributed by atoms with van der Waals surface area (Å²) < 4.78 is 10.6. The van der Waals surface area contributed by atoms with Gasteiger partial charge in [0.25, 0.3) is 0 Å². The van der Waals surface area contributed by atoms with Crippen LogP contribution in [0.5, 0.6) is 11.5 Å². The van der Waals surface area contributed by atoms with Crippen LogP contribution in [0.15, 0.2) is 48.5 Å². The fourth-order valence-corrected chi connectivity index (χ4v) is 2.62. The van der Waals surface area contributed by atoms with Crippen LogP contribution in [0.25, 0.3) is 0 Å². The van der Waals surface area contributed by atoms with Crippen LogP contribution in [0.2, 0.25) is 0 Å². The Labute approximate surface area is 142 Å². The molecule has 2 aromatic rings. The second kappa shape index (κ2) is 8.24. The quantitative estimate of drug-likeness (QED) is 0.769. The second-order valence-corrected chi connectivity index (χ2v) is 5.71. The Hall–Kier alpha value is -2.69. The summed E-state index contributed by atoms with van der Waals surface area (Å²) in [6, 6.07) is 16.0. The van der Waals surface area contributed by atoms with Gasteiger partial charge in [0, 0.05) is 13.1 Å². The van der Waals surface area contributed by atoms with E-state index in [0.29, 0.717) is 13.1 Å². The van der Waals surface area contributed by atoms with Crippen LogP contribution in [0, 0.1) is 0 Å². The second-order valence-electron chi connectivity index (χ2n) is 5.71. The number of amides is 2. The highest BCUT2D eigenvalue weighted by Crippen LogP contribution is 2.32. The molecule has 0 atom stereocenters. The molecular formula is C19H22N2O3. The number of urea groups is 1. The van der Waals surface area contributed by atoms with Gasteiger partial charge in [-0.15, -0.1) is 0 Å². The predicted molar refractivity (Wildman–Crippen MR) is 92.4 cm³/mol. The standard InChI is InChI=1S/C19H22N2O3/c22-19(20-11-4-7-15-5-2-1-3-6-15)21-12-10-16-8-9-17-18(13-16)24-14-23-17/h1-3,5-6,8-9,13H,4,7,10-12,14H2,(H2,20,21,22). The molecule has 2 amide bonds. The number of fused-ring (bicyclic) bond motifs is 1. The maximum Gasteiger partial charge on any atom is 0.314 e. The van der Waals surface area contributed by atoms with Crippen LogP contribution in [0.4, 0.5) is 4.79 Å². The van der Waals surface area contributed by atoms with Crippen molar-refractivity contribution >= 4 is 6.03 Å². The molecule has 0 aromatic heterocycles. The Kier molecular flexibility index (Phi) is 5.56. The SMILES string of the molecule is O=C(NCCCc1ccccc1)NCCc1ccc2c(c1)OCO2. The first kappa shape index (κ1) is 16.2. The zero-order valence-electron chi connectivity index (χ0n) is 13.6.